The molecule has 0 saturated carbocycles. The van der Waals surface area contributed by atoms with E-state index in [1.54, 1.807) is 11.4 Å². The molecular weight excluding hydrogens is 482 g/mol. The van der Waals surface area contributed by atoms with Crippen molar-refractivity contribution < 1.29 is 36.4 Å². The number of halogens is 4. The molecule has 1 heterocycles. The average Bonchev–Trinajstić information content (AvgIpc) is 3.34. The fraction of sp³-hybridized carbons (Fsp3) is 0.120. The van der Waals surface area contributed by atoms with E-state index in [9.17, 15) is 27.2 Å². The molecule has 1 N–H and O–H groups in total. The van der Waals surface area contributed by atoms with Crippen LogP contribution in [0.4, 0.5) is 22.4 Å². The van der Waals surface area contributed by atoms with Crippen LogP contribution in [0.5, 0.6) is 0 Å². The lowest BCUT2D eigenvalue weighted by Crippen LogP contribution is -2.46. The first-order valence-electron chi connectivity index (χ1n) is 10.4. The molecule has 0 fully saturated rings. The van der Waals surface area contributed by atoms with Gasteiger partial charge in [-0.2, -0.15) is 18.2 Å². The molecule has 1 atom stereocenters. The molecule has 11 heteroatoms. The van der Waals surface area contributed by atoms with Crippen molar-refractivity contribution in [2.24, 2.45) is 0 Å². The number of alkyl halides is 3. The Morgan fingerprint density at radius 1 is 0.944 bits per heavy atom. The Balaban J connectivity index is 1.51. The number of alkyl carbamates (subject to hydrolysis) is 1. The molecule has 36 heavy (non-hydrogen) atoms. The van der Waals surface area contributed by atoms with Gasteiger partial charge in [0.1, 0.15) is 5.82 Å². The standard InChI is InChI=1S/C25H17F4N3O4/c1-24(25(27,28)29,17-10-3-2-4-11-17)35-23(34)31-21(33)16-9-7-8-15(14-16)20-30-22(36-32-20)18-12-5-6-13-19(18)26/h2-14H,1H3,(H,31,33,34)/t24-/m1/s1. The molecule has 0 aliphatic heterocycles. The molecule has 0 radical (unpaired) electrons. The quantitative estimate of drug-likeness (QED) is 0.344. The number of ether oxygens (including phenoxy) is 1. The van der Waals surface area contributed by atoms with E-state index in [2.05, 4.69) is 14.9 Å². The number of nitrogens with one attached hydrogen (secondary N) is 1. The van der Waals surface area contributed by atoms with Crippen LogP contribution in [0.25, 0.3) is 22.8 Å². The van der Waals surface area contributed by atoms with Gasteiger partial charge < -0.3 is 9.26 Å². The lowest BCUT2D eigenvalue weighted by molar-refractivity contribution is -0.257. The second-order valence-electron chi connectivity index (χ2n) is 7.72. The normalized spacial score (nSPS) is 13.0. The number of nitrogens with zero attached hydrogens (tertiary/aromatic N) is 2. The van der Waals surface area contributed by atoms with Crippen LogP contribution >= 0.6 is 0 Å². The molecule has 4 rings (SSSR count). The van der Waals surface area contributed by atoms with Gasteiger partial charge >= 0.3 is 12.3 Å². The van der Waals surface area contributed by atoms with Crippen LogP contribution in [0.3, 0.4) is 0 Å². The molecule has 0 bridgehead atoms. The molecule has 2 amide bonds. The van der Waals surface area contributed by atoms with Crippen LogP contribution in [0.2, 0.25) is 0 Å². The second-order valence-corrected chi connectivity index (χ2v) is 7.72. The Kier molecular flexibility index (Phi) is 6.56. The molecule has 0 unspecified atom stereocenters. The fourth-order valence-corrected chi connectivity index (χ4v) is 3.30. The number of carbonyl (C=O) groups excluding carboxylic acids is 2. The summed E-state index contributed by atoms with van der Waals surface area (Å²) in [4.78, 5) is 29.0. The number of benzene rings is 3. The van der Waals surface area contributed by atoms with Gasteiger partial charge in [-0.05, 0) is 31.2 Å². The van der Waals surface area contributed by atoms with E-state index in [1.165, 1.54) is 60.7 Å². The molecule has 0 aliphatic rings. The summed E-state index contributed by atoms with van der Waals surface area (Å²) in [5, 5.41) is 5.57. The van der Waals surface area contributed by atoms with Crippen molar-refractivity contribution in [3.63, 3.8) is 0 Å². The Morgan fingerprint density at radius 2 is 1.64 bits per heavy atom. The van der Waals surface area contributed by atoms with Crippen LogP contribution in [-0.4, -0.2) is 28.3 Å². The van der Waals surface area contributed by atoms with E-state index >= 15 is 0 Å². The number of amides is 2. The predicted molar refractivity (Wildman–Crippen MR) is 119 cm³/mol. The van der Waals surface area contributed by atoms with Gasteiger partial charge in [-0.15, -0.1) is 0 Å². The summed E-state index contributed by atoms with van der Waals surface area (Å²) < 4.78 is 65.1. The van der Waals surface area contributed by atoms with Crippen LogP contribution < -0.4 is 5.32 Å². The third-order valence-corrected chi connectivity index (χ3v) is 5.29. The maximum absolute atomic E-state index is 14.0. The minimum absolute atomic E-state index is 0.0270. The summed E-state index contributed by atoms with van der Waals surface area (Å²) in [6, 6.07) is 17.9. The highest BCUT2D eigenvalue weighted by Crippen LogP contribution is 2.42. The Labute approximate surface area is 201 Å². The minimum atomic E-state index is -4.96. The Bertz CT molecular complexity index is 1410. The molecule has 0 aliphatic carbocycles. The predicted octanol–water partition coefficient (Wildman–Crippen LogP) is 5.89. The van der Waals surface area contributed by atoms with Crippen molar-refractivity contribution in [3.8, 4) is 22.8 Å². The van der Waals surface area contributed by atoms with Crippen molar-refractivity contribution >= 4 is 12.0 Å². The zero-order chi connectivity index (χ0) is 25.9. The molecular formula is C25H17F4N3O4. The van der Waals surface area contributed by atoms with E-state index in [4.69, 9.17) is 4.52 Å². The lowest BCUT2D eigenvalue weighted by Gasteiger charge is -2.31. The molecule has 7 nitrogen and oxygen atoms in total. The van der Waals surface area contributed by atoms with Crippen LogP contribution in [0.1, 0.15) is 22.8 Å². The maximum Gasteiger partial charge on any atom is 0.432 e. The first kappa shape index (κ1) is 24.6. The molecule has 3 aromatic carbocycles. The smallest absolute Gasteiger partial charge is 0.428 e. The van der Waals surface area contributed by atoms with E-state index in [1.807, 2.05) is 0 Å². The second kappa shape index (κ2) is 9.61. The van der Waals surface area contributed by atoms with Crippen molar-refractivity contribution in [2.75, 3.05) is 0 Å². The van der Waals surface area contributed by atoms with Gasteiger partial charge in [-0.25, -0.2) is 9.18 Å². The summed E-state index contributed by atoms with van der Waals surface area (Å²) >= 11 is 0. The van der Waals surface area contributed by atoms with E-state index in [-0.39, 0.29) is 34.0 Å². The van der Waals surface area contributed by atoms with Gasteiger partial charge in [0.25, 0.3) is 11.8 Å². The largest absolute Gasteiger partial charge is 0.432 e. The SMILES string of the molecule is C[C@@](OC(=O)NC(=O)c1cccc(-c2noc(-c3ccccc3F)n2)c1)(c1ccccc1)C(F)(F)F. The minimum Gasteiger partial charge on any atom is -0.428 e. The number of rotatable bonds is 5. The summed E-state index contributed by atoms with van der Waals surface area (Å²) in [5.74, 6) is -1.65. The summed E-state index contributed by atoms with van der Waals surface area (Å²) in [7, 11) is 0. The van der Waals surface area contributed by atoms with Crippen LogP contribution in [0.15, 0.2) is 83.4 Å². The van der Waals surface area contributed by atoms with Crippen molar-refractivity contribution in [1.82, 2.24) is 15.5 Å². The van der Waals surface area contributed by atoms with Gasteiger partial charge in [0.2, 0.25) is 11.4 Å². The topological polar surface area (TPSA) is 94.3 Å². The van der Waals surface area contributed by atoms with E-state index in [0.29, 0.717) is 6.92 Å². The highest BCUT2D eigenvalue weighted by atomic mass is 19.4. The maximum atomic E-state index is 14.0. The summed E-state index contributed by atoms with van der Waals surface area (Å²) in [6.07, 6.45) is -6.54. The first-order valence-corrected chi connectivity index (χ1v) is 10.4. The van der Waals surface area contributed by atoms with Gasteiger partial charge in [-0.1, -0.05) is 59.8 Å². The fourth-order valence-electron chi connectivity index (χ4n) is 3.30. The summed E-state index contributed by atoms with van der Waals surface area (Å²) in [5.41, 5.74) is -3.03. The first-order chi connectivity index (χ1) is 17.1. The van der Waals surface area contributed by atoms with Gasteiger partial charge in [-0.3, -0.25) is 10.1 Å². The highest BCUT2D eigenvalue weighted by Gasteiger charge is 2.56. The number of hydrogen-bond acceptors (Lipinski definition) is 6. The number of aromatic nitrogens is 2. The third-order valence-electron chi connectivity index (χ3n) is 5.29. The van der Waals surface area contributed by atoms with E-state index in [0.717, 1.165) is 12.1 Å². The average molecular weight is 499 g/mol. The van der Waals surface area contributed by atoms with Crippen molar-refractivity contribution in [1.29, 1.82) is 0 Å². The molecule has 4 aromatic rings. The molecule has 1 aromatic heterocycles. The lowest BCUT2D eigenvalue weighted by atomic mass is 9.95. The molecule has 0 saturated heterocycles. The van der Waals surface area contributed by atoms with Crippen LogP contribution in [0, 0.1) is 5.82 Å². The van der Waals surface area contributed by atoms with Crippen molar-refractivity contribution in [3.05, 3.63) is 95.8 Å². The monoisotopic (exact) mass is 499 g/mol. The molecule has 0 spiro atoms. The summed E-state index contributed by atoms with van der Waals surface area (Å²) in [6.45, 7) is 0.691. The third kappa shape index (κ3) is 4.95. The van der Waals surface area contributed by atoms with Gasteiger partial charge in [0, 0.05) is 16.7 Å². The zero-order valence-electron chi connectivity index (χ0n) is 18.5. The van der Waals surface area contributed by atoms with Gasteiger partial charge in [0.15, 0.2) is 0 Å². The molecule has 184 valence electrons. The highest BCUT2D eigenvalue weighted by molar-refractivity contribution is 6.03. The number of imide groups is 1. The number of carbonyl (C=O) groups is 2. The van der Waals surface area contributed by atoms with Crippen molar-refractivity contribution in [2.45, 2.75) is 18.7 Å². The van der Waals surface area contributed by atoms with E-state index < -0.39 is 29.6 Å². The van der Waals surface area contributed by atoms with Crippen LogP contribution in [-0.2, 0) is 10.3 Å². The Morgan fingerprint density at radius 3 is 2.33 bits per heavy atom. The zero-order valence-corrected chi connectivity index (χ0v) is 18.5. The number of hydrogen-bond donors (Lipinski definition) is 1. The van der Waals surface area contributed by atoms with Gasteiger partial charge in [0.05, 0.1) is 5.56 Å². The Hall–Kier alpha value is -4.54.